The fourth-order valence-corrected chi connectivity index (χ4v) is 4.97. The molecule has 4 rings (SSSR count). The number of alkyl carbamates (subject to hydrolysis) is 1. The number of carbonyl (C=O) groups is 5. The number of fused-ring (bicyclic) bond motifs is 3. The number of esters is 2. The highest BCUT2D eigenvalue weighted by Crippen LogP contribution is 2.44. The first-order valence-electron chi connectivity index (χ1n) is 15.0. The van der Waals surface area contributed by atoms with Gasteiger partial charge < -0.3 is 35.9 Å². The predicted molar refractivity (Wildman–Crippen MR) is 169 cm³/mol. The predicted octanol–water partition coefficient (Wildman–Crippen LogP) is 3.38. The lowest BCUT2D eigenvalue weighted by molar-refractivity contribution is -0.147. The van der Waals surface area contributed by atoms with Gasteiger partial charge in [0.05, 0.1) is 13.2 Å². The van der Waals surface area contributed by atoms with Gasteiger partial charge in [-0.3, -0.25) is 19.2 Å². The van der Waals surface area contributed by atoms with Crippen LogP contribution in [0.15, 0.2) is 72.8 Å². The molecule has 12 heteroatoms. The molecule has 1 aliphatic rings. The number of hydrogen-bond donors (Lipinski definition) is 4. The summed E-state index contributed by atoms with van der Waals surface area (Å²) >= 11 is 0. The van der Waals surface area contributed by atoms with E-state index in [1.807, 2.05) is 48.5 Å². The topological polar surface area (TPSA) is 175 Å². The Kier molecular flexibility index (Phi) is 11.8. The molecule has 0 radical (unpaired) electrons. The highest BCUT2D eigenvalue weighted by Gasteiger charge is 2.29. The third-order valence-corrected chi connectivity index (χ3v) is 7.38. The molecule has 242 valence electrons. The molecule has 0 fully saturated rings. The molecule has 0 heterocycles. The fraction of sp³-hybridized carbons (Fsp3) is 0.324. The zero-order valence-corrected chi connectivity index (χ0v) is 25.7. The Labute approximate surface area is 267 Å². The summed E-state index contributed by atoms with van der Waals surface area (Å²) in [6.45, 7) is 3.18. The van der Waals surface area contributed by atoms with Crippen molar-refractivity contribution in [3.8, 4) is 11.1 Å². The van der Waals surface area contributed by atoms with Gasteiger partial charge >= 0.3 is 18.0 Å². The second-order valence-corrected chi connectivity index (χ2v) is 10.7. The van der Waals surface area contributed by atoms with Crippen LogP contribution in [0.5, 0.6) is 0 Å². The van der Waals surface area contributed by atoms with Crippen molar-refractivity contribution in [3.63, 3.8) is 0 Å². The van der Waals surface area contributed by atoms with Gasteiger partial charge in [0.1, 0.15) is 25.3 Å². The van der Waals surface area contributed by atoms with E-state index < -0.39 is 41.9 Å². The summed E-state index contributed by atoms with van der Waals surface area (Å²) in [5.74, 6) is -2.20. The second kappa shape index (κ2) is 16.2. The average Bonchev–Trinajstić information content (AvgIpc) is 3.38. The third kappa shape index (κ3) is 9.14. The normalized spacial score (nSPS) is 12.9. The summed E-state index contributed by atoms with van der Waals surface area (Å²) in [7, 11) is 0. The molecular weight excluding hydrogens is 592 g/mol. The molecule has 3 amide bonds. The lowest BCUT2D eigenvalue weighted by Crippen LogP contribution is -2.47. The zero-order chi connectivity index (χ0) is 33.1. The molecular formula is C34H38N4O8. The van der Waals surface area contributed by atoms with Crippen LogP contribution in [-0.4, -0.2) is 61.7 Å². The molecule has 3 aromatic carbocycles. The minimum Gasteiger partial charge on any atom is -0.465 e. The molecule has 0 spiro atoms. The maximum Gasteiger partial charge on any atom is 0.407 e. The van der Waals surface area contributed by atoms with Crippen molar-refractivity contribution < 1.29 is 38.2 Å². The van der Waals surface area contributed by atoms with Crippen LogP contribution in [0.2, 0.25) is 0 Å². The Balaban J connectivity index is 1.14. The van der Waals surface area contributed by atoms with Gasteiger partial charge in [-0.1, -0.05) is 60.7 Å². The van der Waals surface area contributed by atoms with Crippen molar-refractivity contribution in [2.24, 2.45) is 5.73 Å². The summed E-state index contributed by atoms with van der Waals surface area (Å²) in [4.78, 5) is 60.9. The highest BCUT2D eigenvalue weighted by atomic mass is 16.6. The van der Waals surface area contributed by atoms with Crippen LogP contribution in [0.1, 0.15) is 49.3 Å². The van der Waals surface area contributed by atoms with E-state index >= 15 is 0 Å². The van der Waals surface area contributed by atoms with Crippen LogP contribution < -0.4 is 21.7 Å². The molecule has 0 saturated heterocycles. The molecule has 0 aromatic heterocycles. The molecule has 2 atom stereocenters. The summed E-state index contributed by atoms with van der Waals surface area (Å²) < 4.78 is 15.5. The molecule has 5 N–H and O–H groups in total. The first-order valence-corrected chi connectivity index (χ1v) is 15.0. The van der Waals surface area contributed by atoms with Gasteiger partial charge in [-0.2, -0.15) is 0 Å². The lowest BCUT2D eigenvalue weighted by atomic mass is 9.98. The minimum atomic E-state index is -0.939. The zero-order valence-electron chi connectivity index (χ0n) is 25.7. The van der Waals surface area contributed by atoms with Crippen molar-refractivity contribution in [2.75, 3.05) is 25.1 Å². The van der Waals surface area contributed by atoms with Crippen LogP contribution in [0.25, 0.3) is 11.1 Å². The molecule has 0 aliphatic heterocycles. The van der Waals surface area contributed by atoms with Crippen molar-refractivity contribution in [2.45, 2.75) is 51.3 Å². The van der Waals surface area contributed by atoms with E-state index in [0.29, 0.717) is 11.3 Å². The third-order valence-electron chi connectivity index (χ3n) is 7.38. The van der Waals surface area contributed by atoms with Crippen molar-refractivity contribution in [3.05, 3.63) is 89.5 Å². The number of anilines is 1. The Bertz CT molecular complexity index is 1510. The van der Waals surface area contributed by atoms with E-state index in [2.05, 4.69) is 16.0 Å². The van der Waals surface area contributed by atoms with Gasteiger partial charge in [0.15, 0.2) is 0 Å². The molecule has 0 unspecified atom stereocenters. The van der Waals surface area contributed by atoms with E-state index in [-0.39, 0.29) is 45.1 Å². The maximum absolute atomic E-state index is 12.5. The van der Waals surface area contributed by atoms with Crippen LogP contribution in [0, 0.1) is 0 Å². The maximum atomic E-state index is 12.5. The van der Waals surface area contributed by atoms with E-state index in [9.17, 15) is 24.0 Å². The highest BCUT2D eigenvalue weighted by molar-refractivity contribution is 5.95. The van der Waals surface area contributed by atoms with Gasteiger partial charge in [-0.15, -0.1) is 0 Å². The van der Waals surface area contributed by atoms with E-state index in [0.717, 1.165) is 22.3 Å². The largest absolute Gasteiger partial charge is 0.465 e. The summed E-state index contributed by atoms with van der Waals surface area (Å²) in [5, 5.41) is 7.66. The quantitative estimate of drug-likeness (QED) is 0.154. The van der Waals surface area contributed by atoms with Gasteiger partial charge in [-0.25, -0.2) is 4.79 Å². The average molecular weight is 631 g/mol. The number of nitrogens with one attached hydrogen (secondary N) is 3. The fourth-order valence-electron chi connectivity index (χ4n) is 4.97. The number of rotatable bonds is 14. The van der Waals surface area contributed by atoms with Crippen LogP contribution in [-0.2, 0) is 40.0 Å². The molecule has 1 aliphatic carbocycles. The SMILES string of the molecule is CCOC(=O)[C@H](N)CCC(=O)OCc1ccc(NC(=O)CNC(=O)[C@H](C)NC(=O)OCC2c3ccccc3-c3ccccc32)cc1. The van der Waals surface area contributed by atoms with Gasteiger partial charge in [0.2, 0.25) is 11.8 Å². The summed E-state index contributed by atoms with van der Waals surface area (Å²) in [6.07, 6.45) is -0.650. The number of hydrogen-bond acceptors (Lipinski definition) is 9. The first-order chi connectivity index (χ1) is 22.2. The van der Waals surface area contributed by atoms with Crippen molar-refractivity contribution in [1.29, 1.82) is 0 Å². The molecule has 0 bridgehead atoms. The van der Waals surface area contributed by atoms with E-state index in [4.69, 9.17) is 19.9 Å². The second-order valence-electron chi connectivity index (χ2n) is 10.7. The Hall–Kier alpha value is -5.23. The molecule has 0 saturated carbocycles. The van der Waals surface area contributed by atoms with Crippen LogP contribution >= 0.6 is 0 Å². The van der Waals surface area contributed by atoms with Gasteiger partial charge in [0.25, 0.3) is 0 Å². The van der Waals surface area contributed by atoms with Gasteiger partial charge in [0, 0.05) is 18.0 Å². The van der Waals surface area contributed by atoms with Gasteiger partial charge in [-0.05, 0) is 60.2 Å². The van der Waals surface area contributed by atoms with E-state index in [1.54, 1.807) is 31.2 Å². The summed E-state index contributed by atoms with van der Waals surface area (Å²) in [5.41, 5.74) is 11.2. The minimum absolute atomic E-state index is 0.00628. The molecule has 46 heavy (non-hydrogen) atoms. The smallest absolute Gasteiger partial charge is 0.407 e. The first kappa shape index (κ1) is 33.7. The number of nitrogens with two attached hydrogens (primary N) is 1. The van der Waals surface area contributed by atoms with Crippen molar-refractivity contribution in [1.82, 2.24) is 10.6 Å². The van der Waals surface area contributed by atoms with Crippen LogP contribution in [0.4, 0.5) is 10.5 Å². The Morgan fingerprint density at radius 1 is 0.848 bits per heavy atom. The standard InChI is InChI=1S/C34H38N4O8/c1-3-44-33(42)29(35)16-17-31(40)45-19-22-12-14-23(15-13-22)38-30(39)18-36-32(41)21(2)37-34(43)46-20-28-26-10-6-4-8-24(26)25-9-5-7-11-27(25)28/h4-15,21,28-29H,3,16-20,35H2,1-2H3,(H,36,41)(H,37,43)(H,38,39)/t21-,29+/m0/s1. The van der Waals surface area contributed by atoms with Crippen LogP contribution in [0.3, 0.4) is 0 Å². The van der Waals surface area contributed by atoms with Crippen molar-refractivity contribution >= 4 is 35.5 Å². The number of ether oxygens (including phenoxy) is 3. The monoisotopic (exact) mass is 630 g/mol. The lowest BCUT2D eigenvalue weighted by Gasteiger charge is -2.17. The molecule has 12 nitrogen and oxygen atoms in total. The Morgan fingerprint density at radius 2 is 1.48 bits per heavy atom. The van der Waals surface area contributed by atoms with E-state index in [1.165, 1.54) is 6.92 Å². The number of benzene rings is 3. The number of amides is 3. The molecule has 3 aromatic rings. The Morgan fingerprint density at radius 3 is 2.11 bits per heavy atom. The summed E-state index contributed by atoms with van der Waals surface area (Å²) in [6, 6.07) is 20.7. The number of carbonyl (C=O) groups excluding carboxylic acids is 5.